The second kappa shape index (κ2) is 9.66. The number of hydrogen-bond donors (Lipinski definition) is 0. The molecule has 1 aromatic carbocycles. The Bertz CT molecular complexity index is 474. The van der Waals surface area contributed by atoms with Crippen LogP contribution in [0.25, 0.3) is 0 Å². The van der Waals surface area contributed by atoms with Crippen molar-refractivity contribution < 1.29 is 9.18 Å². The van der Waals surface area contributed by atoms with Gasteiger partial charge in [-0.2, -0.15) is 0 Å². The lowest BCUT2D eigenvalue weighted by Gasteiger charge is -2.32. The Kier molecular flexibility index (Phi) is 8.24. The van der Waals surface area contributed by atoms with Crippen LogP contribution in [0, 0.1) is 18.7 Å². The Balaban J connectivity index is 0.00000127. The molecule has 23 heavy (non-hydrogen) atoms. The van der Waals surface area contributed by atoms with Gasteiger partial charge >= 0.3 is 0 Å². The Morgan fingerprint density at radius 2 is 1.83 bits per heavy atom. The molecule has 1 fully saturated rings. The molecule has 0 radical (unpaired) electrons. The molecule has 1 saturated heterocycles. The van der Waals surface area contributed by atoms with E-state index in [1.54, 1.807) is 17.0 Å². The van der Waals surface area contributed by atoms with Crippen LogP contribution in [0.5, 0.6) is 0 Å². The average molecular weight is 322 g/mol. The van der Waals surface area contributed by atoms with E-state index in [-0.39, 0.29) is 11.7 Å². The van der Waals surface area contributed by atoms with Crippen LogP contribution in [-0.2, 0) is 11.3 Å². The summed E-state index contributed by atoms with van der Waals surface area (Å²) in [5.74, 6) is 0.552. The number of nitrogens with zero attached hydrogens (tertiary/aromatic N) is 2. The second-order valence-electron chi connectivity index (χ2n) is 6.35. The van der Waals surface area contributed by atoms with Gasteiger partial charge in [0.15, 0.2) is 0 Å². The molecule has 2 rings (SSSR count). The van der Waals surface area contributed by atoms with E-state index in [0.29, 0.717) is 12.3 Å². The molecule has 0 saturated carbocycles. The maximum atomic E-state index is 13.4. The van der Waals surface area contributed by atoms with Gasteiger partial charge in [-0.05, 0) is 62.0 Å². The highest BCUT2D eigenvalue weighted by molar-refractivity contribution is 5.75. The van der Waals surface area contributed by atoms with Gasteiger partial charge in [0.05, 0.1) is 0 Å². The molecule has 0 bridgehead atoms. The summed E-state index contributed by atoms with van der Waals surface area (Å²) in [6.45, 7) is 8.69. The van der Waals surface area contributed by atoms with Crippen LogP contribution in [0.1, 0.15) is 44.2 Å². The van der Waals surface area contributed by atoms with Gasteiger partial charge in [0.1, 0.15) is 5.82 Å². The van der Waals surface area contributed by atoms with Crippen LogP contribution in [-0.4, -0.2) is 42.9 Å². The van der Waals surface area contributed by atoms with E-state index < -0.39 is 0 Å². The fraction of sp³-hybridized carbons (Fsp3) is 0.632. The predicted octanol–water partition coefficient (Wildman–Crippen LogP) is 3.85. The second-order valence-corrected chi connectivity index (χ2v) is 6.35. The van der Waals surface area contributed by atoms with Crippen molar-refractivity contribution in [3.8, 4) is 0 Å². The number of piperidine rings is 1. The third-order valence-corrected chi connectivity index (χ3v) is 4.18. The van der Waals surface area contributed by atoms with E-state index in [1.807, 2.05) is 40.9 Å². The molecule has 1 aliphatic heterocycles. The predicted molar refractivity (Wildman–Crippen MR) is 93.8 cm³/mol. The standard InChI is InChI=1S/C17H25FN2O.C2H6/c1-13-8-15(10-16(18)9-13)12-20-6-4-14(5-7-20)11-17(21)19(2)3;1-2/h8-10,14H,4-7,11-12H2,1-3H3;1-2H3. The molecular formula is C19H31FN2O. The summed E-state index contributed by atoms with van der Waals surface area (Å²) >= 11 is 0. The van der Waals surface area contributed by atoms with Crippen molar-refractivity contribution in [1.82, 2.24) is 9.80 Å². The summed E-state index contributed by atoms with van der Waals surface area (Å²) in [5.41, 5.74) is 2.01. The SMILES string of the molecule is CC.Cc1cc(F)cc(CN2CCC(CC(=O)N(C)C)CC2)c1. The van der Waals surface area contributed by atoms with Crippen molar-refractivity contribution >= 4 is 5.91 Å². The number of hydrogen-bond acceptors (Lipinski definition) is 2. The minimum Gasteiger partial charge on any atom is -0.349 e. The molecule has 0 atom stereocenters. The molecule has 130 valence electrons. The Morgan fingerprint density at radius 3 is 2.35 bits per heavy atom. The van der Waals surface area contributed by atoms with Gasteiger partial charge in [-0.25, -0.2) is 4.39 Å². The molecule has 3 nitrogen and oxygen atoms in total. The highest BCUT2D eigenvalue weighted by atomic mass is 19.1. The van der Waals surface area contributed by atoms with E-state index in [4.69, 9.17) is 0 Å². The van der Waals surface area contributed by atoms with Crippen molar-refractivity contribution in [2.75, 3.05) is 27.2 Å². The first-order valence-corrected chi connectivity index (χ1v) is 8.62. The Hall–Kier alpha value is -1.42. The molecule has 1 aliphatic rings. The van der Waals surface area contributed by atoms with E-state index in [2.05, 4.69) is 4.90 Å². The van der Waals surface area contributed by atoms with E-state index in [0.717, 1.165) is 43.6 Å². The summed E-state index contributed by atoms with van der Waals surface area (Å²) in [7, 11) is 3.62. The monoisotopic (exact) mass is 322 g/mol. The molecule has 1 amide bonds. The summed E-state index contributed by atoms with van der Waals surface area (Å²) in [4.78, 5) is 15.7. The lowest BCUT2D eigenvalue weighted by atomic mass is 9.92. The van der Waals surface area contributed by atoms with E-state index in [9.17, 15) is 9.18 Å². The first kappa shape index (κ1) is 19.6. The third-order valence-electron chi connectivity index (χ3n) is 4.18. The molecular weight excluding hydrogens is 291 g/mol. The zero-order valence-corrected chi connectivity index (χ0v) is 15.2. The van der Waals surface area contributed by atoms with E-state index >= 15 is 0 Å². The lowest BCUT2D eigenvalue weighted by Crippen LogP contribution is -2.35. The van der Waals surface area contributed by atoms with Crippen molar-refractivity contribution in [2.24, 2.45) is 5.92 Å². The normalized spacial score (nSPS) is 15.7. The number of halogens is 1. The molecule has 0 aromatic heterocycles. The summed E-state index contributed by atoms with van der Waals surface area (Å²) in [6.07, 6.45) is 2.75. The maximum absolute atomic E-state index is 13.4. The molecule has 0 N–H and O–H groups in total. The summed E-state index contributed by atoms with van der Waals surface area (Å²) < 4.78 is 13.4. The van der Waals surface area contributed by atoms with Crippen molar-refractivity contribution in [3.05, 3.63) is 35.1 Å². The zero-order valence-electron chi connectivity index (χ0n) is 15.2. The average Bonchev–Trinajstić information content (AvgIpc) is 2.50. The Morgan fingerprint density at radius 1 is 1.22 bits per heavy atom. The Labute approximate surface area is 140 Å². The highest BCUT2D eigenvalue weighted by Crippen LogP contribution is 2.22. The van der Waals surface area contributed by atoms with Crippen LogP contribution in [0.4, 0.5) is 4.39 Å². The van der Waals surface area contributed by atoms with E-state index in [1.165, 1.54) is 0 Å². The first-order chi connectivity index (χ1) is 10.9. The topological polar surface area (TPSA) is 23.6 Å². The highest BCUT2D eigenvalue weighted by Gasteiger charge is 2.22. The number of rotatable bonds is 4. The van der Waals surface area contributed by atoms with Crippen LogP contribution in [0.15, 0.2) is 18.2 Å². The first-order valence-electron chi connectivity index (χ1n) is 8.62. The quantitative estimate of drug-likeness (QED) is 0.840. The van der Waals surface area contributed by atoms with Gasteiger partial charge < -0.3 is 4.90 Å². The lowest BCUT2D eigenvalue weighted by molar-refractivity contribution is -0.130. The van der Waals surface area contributed by atoms with Crippen LogP contribution in [0.3, 0.4) is 0 Å². The number of likely N-dealkylation sites (tertiary alicyclic amines) is 1. The van der Waals surface area contributed by atoms with Crippen molar-refractivity contribution in [3.63, 3.8) is 0 Å². The summed E-state index contributed by atoms with van der Waals surface area (Å²) in [5, 5.41) is 0. The molecule has 0 spiro atoms. The van der Waals surface area contributed by atoms with Gasteiger partial charge in [0, 0.05) is 27.1 Å². The number of benzene rings is 1. The van der Waals surface area contributed by atoms with Crippen LogP contribution >= 0.6 is 0 Å². The number of aryl methyl sites for hydroxylation is 1. The maximum Gasteiger partial charge on any atom is 0.222 e. The van der Waals surface area contributed by atoms with Gasteiger partial charge in [0.2, 0.25) is 5.91 Å². The van der Waals surface area contributed by atoms with Crippen LogP contribution < -0.4 is 0 Å². The van der Waals surface area contributed by atoms with Gasteiger partial charge in [-0.15, -0.1) is 0 Å². The number of carbonyl (C=O) groups excluding carboxylic acids is 1. The summed E-state index contributed by atoms with van der Waals surface area (Å²) in [6, 6.07) is 5.22. The fourth-order valence-electron chi connectivity index (χ4n) is 2.94. The molecule has 1 heterocycles. The van der Waals surface area contributed by atoms with Gasteiger partial charge in [0.25, 0.3) is 0 Å². The molecule has 4 heteroatoms. The third kappa shape index (κ3) is 6.69. The van der Waals surface area contributed by atoms with Crippen molar-refractivity contribution in [1.29, 1.82) is 0 Å². The number of amides is 1. The van der Waals surface area contributed by atoms with Gasteiger partial charge in [-0.1, -0.05) is 19.9 Å². The molecule has 1 aromatic rings. The fourth-order valence-corrected chi connectivity index (χ4v) is 2.94. The van der Waals surface area contributed by atoms with Gasteiger partial charge in [-0.3, -0.25) is 9.69 Å². The minimum absolute atomic E-state index is 0.156. The van der Waals surface area contributed by atoms with Crippen LogP contribution in [0.2, 0.25) is 0 Å². The zero-order chi connectivity index (χ0) is 17.4. The van der Waals surface area contributed by atoms with Crippen molar-refractivity contribution in [2.45, 2.75) is 46.6 Å². The smallest absolute Gasteiger partial charge is 0.222 e. The largest absolute Gasteiger partial charge is 0.349 e. The minimum atomic E-state index is -0.156. The number of carbonyl (C=O) groups is 1. The molecule has 0 aliphatic carbocycles. The molecule has 0 unspecified atom stereocenters.